The molecule has 0 radical (unpaired) electrons. The summed E-state index contributed by atoms with van der Waals surface area (Å²) in [6.07, 6.45) is 2.10. The van der Waals surface area contributed by atoms with Crippen LogP contribution in [-0.4, -0.2) is 12.1 Å². The molecule has 1 aromatic rings. The van der Waals surface area contributed by atoms with Crippen LogP contribution in [0.15, 0.2) is 24.3 Å². The Kier molecular flexibility index (Phi) is 2.39. The quantitative estimate of drug-likeness (QED) is 0.748. The molecule has 14 heavy (non-hydrogen) atoms. The zero-order valence-electron chi connectivity index (χ0n) is 8.21. The van der Waals surface area contributed by atoms with Gasteiger partial charge in [-0.15, -0.1) is 0 Å². The molecule has 74 valence electrons. The number of benzene rings is 1. The lowest BCUT2D eigenvalue weighted by molar-refractivity contribution is 0.0934. The molecule has 0 aromatic heterocycles. The number of carbonyl (C=O) groups is 1. The first-order valence-corrected chi connectivity index (χ1v) is 4.97. The molecule has 1 amide bonds. The fourth-order valence-electron chi connectivity index (χ4n) is 1.70. The van der Waals surface area contributed by atoms with Crippen LogP contribution in [0.25, 0.3) is 0 Å². The molecule has 1 heterocycles. The van der Waals surface area contributed by atoms with Gasteiger partial charge >= 0.3 is 0 Å². The van der Waals surface area contributed by atoms with Crippen molar-refractivity contribution in [2.45, 2.75) is 25.9 Å². The number of rotatable bonds is 2. The van der Waals surface area contributed by atoms with Gasteiger partial charge in [0.2, 0.25) is 0 Å². The minimum Gasteiger partial charge on any atom is -0.365 e. The zero-order valence-corrected chi connectivity index (χ0v) is 8.21. The summed E-state index contributed by atoms with van der Waals surface area (Å²) >= 11 is 0. The Morgan fingerprint density at radius 1 is 1.29 bits per heavy atom. The van der Waals surface area contributed by atoms with E-state index in [2.05, 4.69) is 17.6 Å². The monoisotopic (exact) mass is 190 g/mol. The van der Waals surface area contributed by atoms with Gasteiger partial charge in [0.1, 0.15) is 0 Å². The van der Waals surface area contributed by atoms with Gasteiger partial charge in [-0.25, -0.2) is 0 Å². The van der Waals surface area contributed by atoms with Crippen LogP contribution in [-0.2, 0) is 0 Å². The highest BCUT2D eigenvalue weighted by atomic mass is 16.2. The number of hydrogen-bond acceptors (Lipinski definition) is 2. The first-order valence-electron chi connectivity index (χ1n) is 4.97. The summed E-state index contributed by atoms with van der Waals surface area (Å²) in [6, 6.07) is 7.59. The smallest absolute Gasteiger partial charge is 0.254 e. The number of fused-ring (bicyclic) bond motifs is 1. The first kappa shape index (κ1) is 9.06. The molecule has 1 aromatic carbocycles. The number of para-hydroxylation sites is 1. The molecule has 0 bridgehead atoms. The SMILES string of the molecule is CCC[C@@H]1NC(=O)c2ccccc2N1. The van der Waals surface area contributed by atoms with E-state index >= 15 is 0 Å². The van der Waals surface area contributed by atoms with E-state index in [-0.39, 0.29) is 12.1 Å². The van der Waals surface area contributed by atoms with Gasteiger partial charge < -0.3 is 10.6 Å². The van der Waals surface area contributed by atoms with Crippen molar-refractivity contribution in [1.82, 2.24) is 5.32 Å². The van der Waals surface area contributed by atoms with Crippen LogP contribution >= 0.6 is 0 Å². The van der Waals surface area contributed by atoms with Crippen LogP contribution in [0.3, 0.4) is 0 Å². The van der Waals surface area contributed by atoms with Crippen LogP contribution in [0.5, 0.6) is 0 Å². The molecular weight excluding hydrogens is 176 g/mol. The Balaban J connectivity index is 2.24. The van der Waals surface area contributed by atoms with E-state index < -0.39 is 0 Å². The fraction of sp³-hybridized carbons (Fsp3) is 0.364. The lowest BCUT2D eigenvalue weighted by Gasteiger charge is -2.27. The van der Waals surface area contributed by atoms with Crippen molar-refractivity contribution in [3.8, 4) is 0 Å². The van der Waals surface area contributed by atoms with Gasteiger partial charge in [-0.2, -0.15) is 0 Å². The van der Waals surface area contributed by atoms with E-state index in [0.717, 1.165) is 24.1 Å². The Bertz CT molecular complexity index is 349. The summed E-state index contributed by atoms with van der Waals surface area (Å²) in [6.45, 7) is 2.11. The molecule has 0 saturated heterocycles. The minimum absolute atomic E-state index is 0.0257. The van der Waals surface area contributed by atoms with E-state index in [1.54, 1.807) is 0 Å². The molecule has 3 nitrogen and oxygen atoms in total. The van der Waals surface area contributed by atoms with Gasteiger partial charge in [0.25, 0.3) is 5.91 Å². The Hall–Kier alpha value is -1.51. The maximum atomic E-state index is 11.6. The summed E-state index contributed by atoms with van der Waals surface area (Å²) in [5.74, 6) is 0.0257. The molecule has 0 aliphatic carbocycles. The van der Waals surface area contributed by atoms with E-state index in [1.807, 2.05) is 24.3 Å². The molecule has 2 rings (SSSR count). The average molecular weight is 190 g/mol. The van der Waals surface area contributed by atoms with Crippen LogP contribution in [0.4, 0.5) is 5.69 Å². The molecule has 0 fully saturated rings. The highest BCUT2D eigenvalue weighted by molar-refractivity contribution is 6.01. The second-order valence-corrected chi connectivity index (χ2v) is 3.50. The third-order valence-electron chi connectivity index (χ3n) is 2.38. The predicted octanol–water partition coefficient (Wildman–Crippen LogP) is 1.97. The topological polar surface area (TPSA) is 41.1 Å². The molecule has 1 aliphatic heterocycles. The molecule has 3 heteroatoms. The summed E-state index contributed by atoms with van der Waals surface area (Å²) in [5, 5.41) is 6.22. The maximum Gasteiger partial charge on any atom is 0.254 e. The summed E-state index contributed by atoms with van der Waals surface area (Å²) < 4.78 is 0. The summed E-state index contributed by atoms with van der Waals surface area (Å²) in [7, 11) is 0. The molecule has 0 unspecified atom stereocenters. The normalized spacial score (nSPS) is 19.5. The Labute approximate surface area is 83.5 Å². The molecule has 1 atom stereocenters. The molecule has 2 N–H and O–H groups in total. The van der Waals surface area contributed by atoms with Crippen molar-refractivity contribution in [1.29, 1.82) is 0 Å². The lowest BCUT2D eigenvalue weighted by Crippen LogP contribution is -2.44. The van der Waals surface area contributed by atoms with Crippen molar-refractivity contribution in [3.05, 3.63) is 29.8 Å². The number of anilines is 1. The summed E-state index contributed by atoms with van der Waals surface area (Å²) in [5.41, 5.74) is 1.68. The summed E-state index contributed by atoms with van der Waals surface area (Å²) in [4.78, 5) is 11.6. The lowest BCUT2D eigenvalue weighted by atomic mass is 10.1. The Morgan fingerprint density at radius 3 is 2.86 bits per heavy atom. The third kappa shape index (κ3) is 1.58. The maximum absolute atomic E-state index is 11.6. The van der Waals surface area contributed by atoms with E-state index in [1.165, 1.54) is 0 Å². The van der Waals surface area contributed by atoms with Gasteiger partial charge in [-0.05, 0) is 18.6 Å². The minimum atomic E-state index is 0.0257. The van der Waals surface area contributed by atoms with Crippen molar-refractivity contribution >= 4 is 11.6 Å². The number of hydrogen-bond donors (Lipinski definition) is 2. The van der Waals surface area contributed by atoms with Crippen molar-refractivity contribution < 1.29 is 4.79 Å². The van der Waals surface area contributed by atoms with Gasteiger partial charge in [-0.3, -0.25) is 4.79 Å². The first-order chi connectivity index (χ1) is 6.81. The van der Waals surface area contributed by atoms with E-state index in [4.69, 9.17) is 0 Å². The van der Waals surface area contributed by atoms with Gasteiger partial charge in [0.15, 0.2) is 0 Å². The van der Waals surface area contributed by atoms with Gasteiger partial charge in [0, 0.05) is 5.69 Å². The number of amides is 1. The second kappa shape index (κ2) is 3.70. The predicted molar refractivity (Wildman–Crippen MR) is 56.2 cm³/mol. The van der Waals surface area contributed by atoms with Crippen LogP contribution in [0.1, 0.15) is 30.1 Å². The van der Waals surface area contributed by atoms with Crippen molar-refractivity contribution in [2.75, 3.05) is 5.32 Å². The van der Waals surface area contributed by atoms with Gasteiger partial charge in [-0.1, -0.05) is 25.5 Å². The molecular formula is C11H14N2O. The molecule has 1 aliphatic rings. The standard InChI is InChI=1S/C11H14N2O/c1-2-5-10-12-9-7-4-3-6-8(9)11(14)13-10/h3-4,6-7,10,12H,2,5H2,1H3,(H,13,14)/t10-/m0/s1. The molecule has 0 saturated carbocycles. The zero-order chi connectivity index (χ0) is 9.97. The van der Waals surface area contributed by atoms with Crippen LogP contribution < -0.4 is 10.6 Å². The highest BCUT2D eigenvalue weighted by Gasteiger charge is 2.21. The number of carbonyl (C=O) groups excluding carboxylic acids is 1. The Morgan fingerprint density at radius 2 is 2.07 bits per heavy atom. The van der Waals surface area contributed by atoms with Crippen LogP contribution in [0.2, 0.25) is 0 Å². The largest absolute Gasteiger partial charge is 0.365 e. The van der Waals surface area contributed by atoms with Gasteiger partial charge in [0.05, 0.1) is 11.7 Å². The van der Waals surface area contributed by atoms with E-state index in [0.29, 0.717) is 0 Å². The molecule has 0 spiro atoms. The average Bonchev–Trinajstić information content (AvgIpc) is 2.18. The fourth-order valence-corrected chi connectivity index (χ4v) is 1.70. The van der Waals surface area contributed by atoms with Crippen molar-refractivity contribution in [3.63, 3.8) is 0 Å². The van der Waals surface area contributed by atoms with Crippen LogP contribution in [0, 0.1) is 0 Å². The van der Waals surface area contributed by atoms with E-state index in [9.17, 15) is 4.79 Å². The van der Waals surface area contributed by atoms with Crippen molar-refractivity contribution in [2.24, 2.45) is 0 Å². The highest BCUT2D eigenvalue weighted by Crippen LogP contribution is 2.20. The second-order valence-electron chi connectivity index (χ2n) is 3.50. The number of nitrogens with one attached hydrogen (secondary N) is 2. The third-order valence-corrected chi connectivity index (χ3v) is 2.38.